The molecule has 1 aliphatic carbocycles. The largest absolute Gasteiger partial charge is 0.310 e. The summed E-state index contributed by atoms with van der Waals surface area (Å²) in [5.74, 6) is 0. The molecule has 0 atom stereocenters. The van der Waals surface area contributed by atoms with E-state index >= 15 is 0 Å². The van der Waals surface area contributed by atoms with Crippen LogP contribution in [0.1, 0.15) is 22.3 Å². The predicted octanol–water partition coefficient (Wildman–Crippen LogP) is 17.1. The van der Waals surface area contributed by atoms with Crippen LogP contribution in [0.15, 0.2) is 267 Å². The second-order valence-corrected chi connectivity index (χ2v) is 17.7. The number of anilines is 3. The van der Waals surface area contributed by atoms with E-state index in [1.54, 1.807) is 0 Å². The van der Waals surface area contributed by atoms with Gasteiger partial charge in [-0.3, -0.25) is 0 Å². The standard InChI is InChI=1S/C65H44N2/c1-4-21-51(22-5-1)65(52-23-6-2-7-24-52)61-29-14-12-27-57(61)58-39-38-56(44-62(58)65)67-63-30-15-13-28-59(63)60-43-50(34-40-64(60)67)48-20-16-19-47(41-48)46-31-35-54(36-32-46)66(53-25-8-3-9-26-53)55-37-33-45-17-10-11-18-49(45)42-55/h1-44H. The Labute approximate surface area is 390 Å². The van der Waals surface area contributed by atoms with Crippen LogP contribution in [-0.4, -0.2) is 4.57 Å². The van der Waals surface area contributed by atoms with E-state index in [2.05, 4.69) is 276 Å². The molecule has 0 fully saturated rings. The van der Waals surface area contributed by atoms with Crippen LogP contribution in [0.2, 0.25) is 0 Å². The van der Waals surface area contributed by atoms with E-state index in [-0.39, 0.29) is 0 Å². The summed E-state index contributed by atoms with van der Waals surface area (Å²) in [6, 6.07) is 98.0. The summed E-state index contributed by atoms with van der Waals surface area (Å²) < 4.78 is 2.47. The Hall–Kier alpha value is -8.72. The maximum atomic E-state index is 2.47. The van der Waals surface area contributed by atoms with Crippen molar-refractivity contribution in [3.05, 3.63) is 289 Å². The summed E-state index contributed by atoms with van der Waals surface area (Å²) in [6.07, 6.45) is 0. The monoisotopic (exact) mass is 852 g/mol. The normalized spacial score (nSPS) is 12.6. The van der Waals surface area contributed by atoms with Gasteiger partial charge in [0, 0.05) is 33.5 Å². The molecule has 0 unspecified atom stereocenters. The summed E-state index contributed by atoms with van der Waals surface area (Å²) >= 11 is 0. The van der Waals surface area contributed by atoms with E-state index in [0.29, 0.717) is 0 Å². The number of rotatable bonds is 8. The molecule has 11 aromatic carbocycles. The smallest absolute Gasteiger partial charge is 0.0714 e. The molecule has 1 heterocycles. The molecule has 2 nitrogen and oxygen atoms in total. The minimum absolute atomic E-state index is 0.472. The molecular weight excluding hydrogens is 809 g/mol. The lowest BCUT2D eigenvalue weighted by Crippen LogP contribution is -2.28. The first-order valence-electron chi connectivity index (χ1n) is 23.2. The molecule has 0 N–H and O–H groups in total. The molecule has 1 aliphatic rings. The summed E-state index contributed by atoms with van der Waals surface area (Å²) in [6.45, 7) is 0. The van der Waals surface area contributed by atoms with Crippen LogP contribution in [-0.2, 0) is 5.41 Å². The summed E-state index contributed by atoms with van der Waals surface area (Å²) in [7, 11) is 0. The van der Waals surface area contributed by atoms with Crippen LogP contribution in [0, 0.1) is 0 Å². The zero-order valence-electron chi connectivity index (χ0n) is 36.8. The first-order chi connectivity index (χ1) is 33.2. The molecular formula is C65H44N2. The minimum Gasteiger partial charge on any atom is -0.310 e. The molecule has 0 aliphatic heterocycles. The van der Waals surface area contributed by atoms with Gasteiger partial charge in [-0.05, 0) is 139 Å². The molecule has 0 radical (unpaired) electrons. The quantitative estimate of drug-likeness (QED) is 0.148. The van der Waals surface area contributed by atoms with Crippen molar-refractivity contribution in [3.63, 3.8) is 0 Å². The molecule has 13 rings (SSSR count). The van der Waals surface area contributed by atoms with E-state index in [1.165, 1.54) is 88.2 Å². The van der Waals surface area contributed by atoms with Crippen molar-refractivity contribution in [1.29, 1.82) is 0 Å². The van der Waals surface area contributed by atoms with E-state index in [1.807, 2.05) is 0 Å². The topological polar surface area (TPSA) is 8.17 Å². The summed E-state index contributed by atoms with van der Waals surface area (Å²) in [5.41, 5.74) is 18.9. The molecule has 0 saturated heterocycles. The van der Waals surface area contributed by atoms with Gasteiger partial charge in [0.15, 0.2) is 0 Å². The third-order valence-electron chi connectivity index (χ3n) is 14.0. The Morgan fingerprint density at radius 1 is 0.299 bits per heavy atom. The predicted molar refractivity (Wildman–Crippen MR) is 281 cm³/mol. The van der Waals surface area contributed by atoms with Crippen LogP contribution in [0.25, 0.3) is 71.6 Å². The minimum atomic E-state index is -0.472. The third-order valence-corrected chi connectivity index (χ3v) is 14.0. The number of nitrogens with zero attached hydrogens (tertiary/aromatic N) is 2. The lowest BCUT2D eigenvalue weighted by Gasteiger charge is -2.34. The van der Waals surface area contributed by atoms with Crippen LogP contribution in [0.3, 0.4) is 0 Å². The number of aromatic nitrogens is 1. The average Bonchev–Trinajstić information content (AvgIpc) is 3.90. The molecule has 0 saturated carbocycles. The molecule has 12 aromatic rings. The van der Waals surface area contributed by atoms with Gasteiger partial charge >= 0.3 is 0 Å². The summed E-state index contributed by atoms with van der Waals surface area (Å²) in [4.78, 5) is 2.34. The van der Waals surface area contributed by atoms with Gasteiger partial charge in [-0.25, -0.2) is 0 Å². The summed E-state index contributed by atoms with van der Waals surface area (Å²) in [5, 5.41) is 4.93. The van der Waals surface area contributed by atoms with Crippen molar-refractivity contribution in [2.24, 2.45) is 0 Å². The fourth-order valence-corrected chi connectivity index (χ4v) is 11.0. The second kappa shape index (κ2) is 15.8. The van der Waals surface area contributed by atoms with E-state index in [0.717, 1.165) is 22.7 Å². The molecule has 0 bridgehead atoms. The zero-order chi connectivity index (χ0) is 44.3. The van der Waals surface area contributed by atoms with Gasteiger partial charge in [-0.15, -0.1) is 0 Å². The van der Waals surface area contributed by atoms with Crippen molar-refractivity contribution < 1.29 is 0 Å². The Balaban J connectivity index is 0.894. The Morgan fingerprint density at radius 3 is 1.64 bits per heavy atom. The highest BCUT2D eigenvalue weighted by atomic mass is 15.1. The average molecular weight is 853 g/mol. The Morgan fingerprint density at radius 2 is 0.866 bits per heavy atom. The lowest BCUT2D eigenvalue weighted by molar-refractivity contribution is 0.767. The molecule has 0 amide bonds. The fraction of sp³-hybridized carbons (Fsp3) is 0.0154. The first kappa shape index (κ1) is 38.7. The van der Waals surface area contributed by atoms with E-state index < -0.39 is 5.41 Å². The Kier molecular flexibility index (Phi) is 9.11. The lowest BCUT2D eigenvalue weighted by atomic mass is 9.67. The van der Waals surface area contributed by atoms with Crippen LogP contribution in [0.4, 0.5) is 17.1 Å². The van der Waals surface area contributed by atoms with Gasteiger partial charge in [0.05, 0.1) is 16.4 Å². The van der Waals surface area contributed by atoms with Crippen LogP contribution in [0.5, 0.6) is 0 Å². The first-order valence-corrected chi connectivity index (χ1v) is 23.2. The molecule has 2 heteroatoms. The van der Waals surface area contributed by atoms with Crippen molar-refractivity contribution in [2.75, 3.05) is 4.90 Å². The zero-order valence-corrected chi connectivity index (χ0v) is 36.8. The maximum Gasteiger partial charge on any atom is 0.0714 e. The van der Waals surface area contributed by atoms with Gasteiger partial charge < -0.3 is 9.47 Å². The number of benzene rings is 11. The highest BCUT2D eigenvalue weighted by molar-refractivity contribution is 6.10. The van der Waals surface area contributed by atoms with Crippen molar-refractivity contribution in [3.8, 4) is 39.1 Å². The number of para-hydroxylation sites is 2. The van der Waals surface area contributed by atoms with Gasteiger partial charge in [0.2, 0.25) is 0 Å². The highest BCUT2D eigenvalue weighted by Crippen LogP contribution is 2.56. The van der Waals surface area contributed by atoms with Crippen LogP contribution >= 0.6 is 0 Å². The van der Waals surface area contributed by atoms with Crippen LogP contribution < -0.4 is 4.90 Å². The van der Waals surface area contributed by atoms with Crippen molar-refractivity contribution in [2.45, 2.75) is 5.41 Å². The van der Waals surface area contributed by atoms with Gasteiger partial charge in [0.1, 0.15) is 0 Å². The Bertz CT molecular complexity index is 3750. The SMILES string of the molecule is c1ccc(N(c2ccc(-c3cccc(-c4ccc5c(c4)c4ccccc4n5-c4ccc5c(c4)C(c4ccccc4)(c4ccccc4)c4ccccc4-5)c3)cc2)c2ccc3ccccc3c2)cc1. The van der Waals surface area contributed by atoms with Crippen molar-refractivity contribution in [1.82, 2.24) is 4.57 Å². The maximum absolute atomic E-state index is 2.47. The van der Waals surface area contributed by atoms with Gasteiger partial charge in [0.25, 0.3) is 0 Å². The van der Waals surface area contributed by atoms with Gasteiger partial charge in [-0.1, -0.05) is 194 Å². The molecule has 0 spiro atoms. The third kappa shape index (κ3) is 6.26. The van der Waals surface area contributed by atoms with E-state index in [9.17, 15) is 0 Å². The molecule has 1 aromatic heterocycles. The number of hydrogen-bond acceptors (Lipinski definition) is 1. The second-order valence-electron chi connectivity index (χ2n) is 17.7. The van der Waals surface area contributed by atoms with E-state index in [4.69, 9.17) is 0 Å². The number of hydrogen-bond donors (Lipinski definition) is 0. The van der Waals surface area contributed by atoms with Crippen molar-refractivity contribution >= 4 is 49.6 Å². The molecule has 314 valence electrons. The van der Waals surface area contributed by atoms with Gasteiger partial charge in [-0.2, -0.15) is 0 Å². The number of fused-ring (bicyclic) bond motifs is 7. The molecule has 67 heavy (non-hydrogen) atoms. The highest BCUT2D eigenvalue weighted by Gasteiger charge is 2.46. The fourth-order valence-electron chi connectivity index (χ4n) is 11.0.